The summed E-state index contributed by atoms with van der Waals surface area (Å²) >= 11 is 0. The zero-order valence-corrected chi connectivity index (χ0v) is 23.9. The molecule has 32 heavy (non-hydrogen) atoms. The van der Waals surface area contributed by atoms with Crippen LogP contribution in [-0.2, 0) is 13.3 Å². The van der Waals surface area contributed by atoms with E-state index in [1.165, 1.54) is 122 Å². The Balaban J connectivity index is 4.76. The molecule has 0 radical (unpaired) electrons. The normalized spacial score (nSPS) is 12.6. The summed E-state index contributed by atoms with van der Waals surface area (Å²) in [5.41, 5.74) is 0.0629. The fourth-order valence-corrected chi connectivity index (χ4v) is 6.79. The molecule has 0 unspecified atom stereocenters. The molecule has 0 saturated carbocycles. The van der Waals surface area contributed by atoms with Crippen LogP contribution >= 0.6 is 0 Å². The molecule has 0 aromatic rings. The highest BCUT2D eigenvalue weighted by Gasteiger charge is 2.46. The molecule has 0 amide bonds. The van der Waals surface area contributed by atoms with Crippen LogP contribution < -0.4 is 4.98 Å². The maximum absolute atomic E-state index is 5.79. The van der Waals surface area contributed by atoms with Gasteiger partial charge in [0.1, 0.15) is 0 Å². The topological polar surface area (TPSA) is 39.7 Å². The van der Waals surface area contributed by atoms with E-state index >= 15 is 0 Å². The van der Waals surface area contributed by atoms with E-state index in [1.807, 2.05) is 0 Å². The highest BCUT2D eigenvalue weighted by atomic mass is 28.4. The molecule has 0 aromatic carbocycles. The highest BCUT2D eigenvalue weighted by molar-refractivity contribution is 6.57. The van der Waals surface area contributed by atoms with Crippen molar-refractivity contribution in [2.45, 2.75) is 155 Å². The van der Waals surface area contributed by atoms with Crippen LogP contribution in [0.2, 0.25) is 0 Å². The van der Waals surface area contributed by atoms with Gasteiger partial charge in [-0.15, -0.1) is 0 Å². The van der Waals surface area contributed by atoms with Gasteiger partial charge in [0.25, 0.3) is 0 Å². The lowest BCUT2D eigenvalue weighted by atomic mass is 9.83. The van der Waals surface area contributed by atoms with Crippen LogP contribution in [0.1, 0.15) is 149 Å². The number of hydrogen-bond acceptors (Lipinski definition) is 4. The second-order valence-electron chi connectivity index (χ2n) is 9.77. The molecular weight excluding hydrogens is 414 g/mol. The minimum absolute atomic E-state index is 0.0629. The standard InChI is InChI=1S/C27H59NO3Si/c1-7-10-12-14-16-18-20-22-25-27(24-9-3,28-32(29-4,30-5)31-6)26-23-21-19-17-15-13-11-8-2/h28H,7-26H2,1-6H3. The minimum atomic E-state index is -2.82. The molecular formula is C27H59NO3Si. The number of rotatable bonds is 25. The molecule has 0 atom stereocenters. The number of nitrogens with one attached hydrogen (secondary N) is 1. The van der Waals surface area contributed by atoms with Crippen molar-refractivity contribution in [3.63, 3.8) is 0 Å². The first kappa shape index (κ1) is 32.1. The fraction of sp³-hybridized carbons (Fsp3) is 1.00. The van der Waals surface area contributed by atoms with E-state index in [-0.39, 0.29) is 5.54 Å². The van der Waals surface area contributed by atoms with Gasteiger partial charge >= 0.3 is 8.97 Å². The minimum Gasteiger partial charge on any atom is -0.364 e. The SMILES string of the molecule is CCCCCCCCCCC(CCC)(CCCCCCCCCC)N[Si](OC)(OC)OC. The van der Waals surface area contributed by atoms with Gasteiger partial charge in [-0.05, 0) is 19.3 Å². The number of hydrogen-bond donors (Lipinski definition) is 1. The Morgan fingerprint density at radius 2 is 0.812 bits per heavy atom. The van der Waals surface area contributed by atoms with Gasteiger partial charge < -0.3 is 13.3 Å². The highest BCUT2D eigenvalue weighted by Crippen LogP contribution is 2.30. The molecule has 0 aromatic heterocycles. The van der Waals surface area contributed by atoms with Crippen molar-refractivity contribution in [1.29, 1.82) is 0 Å². The summed E-state index contributed by atoms with van der Waals surface area (Å²) in [7, 11) is 2.33. The van der Waals surface area contributed by atoms with Crippen molar-refractivity contribution < 1.29 is 13.3 Å². The van der Waals surface area contributed by atoms with E-state index in [1.54, 1.807) is 21.3 Å². The van der Waals surface area contributed by atoms with E-state index < -0.39 is 8.97 Å². The van der Waals surface area contributed by atoms with Gasteiger partial charge in [0, 0.05) is 26.9 Å². The Morgan fingerprint density at radius 1 is 0.469 bits per heavy atom. The average molecular weight is 474 g/mol. The molecule has 0 fully saturated rings. The third kappa shape index (κ3) is 15.1. The fourth-order valence-electron chi connectivity index (χ4n) is 4.96. The quantitative estimate of drug-likeness (QED) is 0.106. The smallest absolute Gasteiger partial charge is 0.364 e. The molecule has 5 heteroatoms. The van der Waals surface area contributed by atoms with Gasteiger partial charge in [0.2, 0.25) is 0 Å². The molecule has 0 aliphatic heterocycles. The molecule has 0 heterocycles. The lowest BCUT2D eigenvalue weighted by Crippen LogP contribution is -2.66. The predicted octanol–water partition coefficient (Wildman–Crippen LogP) is 8.55. The van der Waals surface area contributed by atoms with Crippen LogP contribution in [-0.4, -0.2) is 35.8 Å². The molecule has 194 valence electrons. The van der Waals surface area contributed by atoms with Crippen LogP contribution in [0.3, 0.4) is 0 Å². The van der Waals surface area contributed by atoms with Crippen molar-refractivity contribution in [2.24, 2.45) is 0 Å². The van der Waals surface area contributed by atoms with Crippen molar-refractivity contribution in [3.05, 3.63) is 0 Å². The summed E-state index contributed by atoms with van der Waals surface area (Å²) in [6.45, 7) is 6.87. The summed E-state index contributed by atoms with van der Waals surface area (Å²) in [5, 5.41) is 0. The molecule has 0 rings (SSSR count). The molecule has 0 aliphatic rings. The van der Waals surface area contributed by atoms with E-state index in [9.17, 15) is 0 Å². The summed E-state index contributed by atoms with van der Waals surface area (Å²) in [6, 6.07) is 0. The predicted molar refractivity (Wildman–Crippen MR) is 142 cm³/mol. The van der Waals surface area contributed by atoms with Crippen LogP contribution in [0, 0.1) is 0 Å². The average Bonchev–Trinajstić information content (AvgIpc) is 2.81. The first-order valence-corrected chi connectivity index (χ1v) is 15.7. The molecule has 0 aliphatic carbocycles. The van der Waals surface area contributed by atoms with E-state index in [0.29, 0.717) is 0 Å². The Bertz CT molecular complexity index is 363. The Kier molecular flexibility index (Phi) is 21.6. The maximum Gasteiger partial charge on any atom is 0.596 e. The van der Waals surface area contributed by atoms with Gasteiger partial charge in [-0.3, -0.25) is 4.98 Å². The summed E-state index contributed by atoms with van der Waals surface area (Å²) in [5.74, 6) is 0. The van der Waals surface area contributed by atoms with Crippen LogP contribution in [0.4, 0.5) is 0 Å². The first-order valence-electron chi connectivity index (χ1n) is 14.0. The van der Waals surface area contributed by atoms with Crippen LogP contribution in [0.5, 0.6) is 0 Å². The zero-order valence-electron chi connectivity index (χ0n) is 22.9. The van der Waals surface area contributed by atoms with Crippen molar-refractivity contribution in [1.82, 2.24) is 4.98 Å². The first-order chi connectivity index (χ1) is 15.6. The second-order valence-corrected chi connectivity index (χ2v) is 12.4. The third-order valence-corrected chi connectivity index (χ3v) is 9.42. The van der Waals surface area contributed by atoms with E-state index in [0.717, 1.165) is 6.42 Å². The van der Waals surface area contributed by atoms with Crippen molar-refractivity contribution >= 4 is 8.97 Å². The lowest BCUT2D eigenvalue weighted by molar-refractivity contribution is 0.0866. The van der Waals surface area contributed by atoms with E-state index in [2.05, 4.69) is 25.8 Å². The molecule has 0 bridgehead atoms. The summed E-state index contributed by atoms with van der Waals surface area (Å²) < 4.78 is 17.4. The Hall–Kier alpha value is 0.0569. The Labute approximate surface area is 203 Å². The molecule has 4 nitrogen and oxygen atoms in total. The largest absolute Gasteiger partial charge is 0.596 e. The molecule has 0 spiro atoms. The van der Waals surface area contributed by atoms with Crippen LogP contribution in [0.15, 0.2) is 0 Å². The third-order valence-electron chi connectivity index (χ3n) is 6.97. The molecule has 0 saturated heterocycles. The van der Waals surface area contributed by atoms with E-state index in [4.69, 9.17) is 13.3 Å². The van der Waals surface area contributed by atoms with Gasteiger partial charge in [-0.25, -0.2) is 0 Å². The monoisotopic (exact) mass is 473 g/mol. The van der Waals surface area contributed by atoms with Gasteiger partial charge in [0.05, 0.1) is 0 Å². The van der Waals surface area contributed by atoms with Crippen molar-refractivity contribution in [3.8, 4) is 0 Å². The van der Waals surface area contributed by atoms with Crippen molar-refractivity contribution in [2.75, 3.05) is 21.3 Å². The summed E-state index contributed by atoms with van der Waals surface area (Å²) in [6.07, 6.45) is 26.5. The van der Waals surface area contributed by atoms with Gasteiger partial charge in [-0.2, -0.15) is 0 Å². The molecule has 1 N–H and O–H groups in total. The Morgan fingerprint density at radius 3 is 1.12 bits per heavy atom. The van der Waals surface area contributed by atoms with Gasteiger partial charge in [-0.1, -0.05) is 130 Å². The maximum atomic E-state index is 5.79. The zero-order chi connectivity index (χ0) is 24.0. The summed E-state index contributed by atoms with van der Waals surface area (Å²) in [4.78, 5) is 3.84. The van der Waals surface area contributed by atoms with Gasteiger partial charge in [0.15, 0.2) is 0 Å². The lowest BCUT2D eigenvalue weighted by Gasteiger charge is -2.40. The number of unbranched alkanes of at least 4 members (excludes halogenated alkanes) is 14. The second kappa shape index (κ2) is 21.6. The van der Waals surface area contributed by atoms with Crippen LogP contribution in [0.25, 0.3) is 0 Å².